The number of likely N-dealkylation sites (N-methyl/N-ethyl adjacent to an activating group) is 1. The first-order valence-corrected chi connectivity index (χ1v) is 12.4. The maximum atomic E-state index is 12.5. The molecule has 2 heterocycles. The summed E-state index contributed by atoms with van der Waals surface area (Å²) < 4.78 is 6.65. The summed E-state index contributed by atoms with van der Waals surface area (Å²) in [5.74, 6) is 1.59. The van der Waals surface area contributed by atoms with Crippen LogP contribution in [0.25, 0.3) is 0 Å². The Balaban J connectivity index is 1.34. The number of rotatable bonds is 5. The third-order valence-electron chi connectivity index (χ3n) is 9.10. The summed E-state index contributed by atoms with van der Waals surface area (Å²) in [6.07, 6.45) is 8.33. The molecule has 7 rings (SSSR count). The second-order valence-electron chi connectivity index (χ2n) is 10.9. The predicted molar refractivity (Wildman–Crippen MR) is 126 cm³/mol. The molecule has 5 nitrogen and oxygen atoms in total. The number of aliphatic hydroxyl groups is 1. The Bertz CT molecular complexity index is 1130. The normalized spacial score (nSPS) is 36.0. The zero-order valence-electron chi connectivity index (χ0n) is 19.2. The highest BCUT2D eigenvalue weighted by Crippen LogP contribution is 2.64. The van der Waals surface area contributed by atoms with Crippen molar-refractivity contribution in [2.24, 2.45) is 5.92 Å². The smallest absolute Gasteiger partial charge is 0.165 e. The molecule has 33 heavy (non-hydrogen) atoms. The lowest BCUT2D eigenvalue weighted by atomic mass is 9.50. The van der Waals surface area contributed by atoms with Crippen molar-refractivity contribution in [3.05, 3.63) is 71.3 Å². The molecular weight excluding hydrogens is 412 g/mol. The minimum absolute atomic E-state index is 0.0128. The third kappa shape index (κ3) is 2.64. The molecule has 1 spiro atoms. The second-order valence-corrected chi connectivity index (χ2v) is 10.9. The Morgan fingerprint density at radius 1 is 1.15 bits per heavy atom. The van der Waals surface area contributed by atoms with Gasteiger partial charge in [-0.15, -0.1) is 0 Å². The van der Waals surface area contributed by atoms with E-state index in [0.29, 0.717) is 5.75 Å². The quantitative estimate of drug-likeness (QED) is 0.694. The molecule has 2 N–H and O–H groups in total. The van der Waals surface area contributed by atoms with Crippen LogP contribution >= 0.6 is 0 Å². The van der Waals surface area contributed by atoms with Crippen LogP contribution in [-0.2, 0) is 18.4 Å². The van der Waals surface area contributed by atoms with Crippen LogP contribution in [0.1, 0.15) is 36.0 Å². The fraction of sp³-hybridized carbons (Fsp3) is 0.500. The molecule has 0 aromatic heterocycles. The van der Waals surface area contributed by atoms with Gasteiger partial charge in [0.05, 0.1) is 11.5 Å². The van der Waals surface area contributed by atoms with Crippen molar-refractivity contribution in [1.82, 2.24) is 9.80 Å². The molecule has 2 aromatic carbocycles. The van der Waals surface area contributed by atoms with Gasteiger partial charge in [-0.1, -0.05) is 48.6 Å². The first-order chi connectivity index (χ1) is 16.0. The monoisotopic (exact) mass is 444 g/mol. The molecule has 172 valence electrons. The van der Waals surface area contributed by atoms with E-state index in [1.165, 1.54) is 24.0 Å². The average molecular weight is 445 g/mol. The number of phenolic OH excluding ortho intramolecular Hbond substituents is 1. The number of ether oxygens (including phenoxy) is 1. The molecule has 1 saturated carbocycles. The number of nitrogens with zero attached hydrogens (tertiary/aromatic N) is 2. The van der Waals surface area contributed by atoms with Gasteiger partial charge in [-0.25, -0.2) is 0 Å². The Morgan fingerprint density at radius 2 is 1.97 bits per heavy atom. The largest absolute Gasteiger partial charge is 0.504 e. The molecule has 2 bridgehead atoms. The highest BCUT2D eigenvalue weighted by atomic mass is 16.5. The van der Waals surface area contributed by atoms with Gasteiger partial charge >= 0.3 is 0 Å². The first-order valence-electron chi connectivity index (χ1n) is 12.4. The van der Waals surface area contributed by atoms with Crippen molar-refractivity contribution in [3.8, 4) is 11.5 Å². The zero-order chi connectivity index (χ0) is 22.4. The lowest BCUT2D eigenvalue weighted by Gasteiger charge is -2.62. The van der Waals surface area contributed by atoms with E-state index in [2.05, 4.69) is 59.3 Å². The van der Waals surface area contributed by atoms with E-state index in [4.69, 9.17) is 4.74 Å². The molecule has 3 aliphatic carbocycles. The predicted octanol–water partition coefficient (Wildman–Crippen LogP) is 3.23. The summed E-state index contributed by atoms with van der Waals surface area (Å²) >= 11 is 0. The van der Waals surface area contributed by atoms with Crippen molar-refractivity contribution >= 4 is 0 Å². The summed E-state index contributed by atoms with van der Waals surface area (Å²) in [4.78, 5) is 4.87. The van der Waals surface area contributed by atoms with E-state index < -0.39 is 11.0 Å². The van der Waals surface area contributed by atoms with E-state index in [-0.39, 0.29) is 23.9 Å². The van der Waals surface area contributed by atoms with Gasteiger partial charge in [0, 0.05) is 24.7 Å². The summed E-state index contributed by atoms with van der Waals surface area (Å²) in [7, 11) is 2.14. The van der Waals surface area contributed by atoms with Gasteiger partial charge in [0.2, 0.25) is 0 Å². The van der Waals surface area contributed by atoms with Gasteiger partial charge in [-0.3, -0.25) is 9.80 Å². The highest BCUT2D eigenvalue weighted by Gasteiger charge is 2.72. The van der Waals surface area contributed by atoms with E-state index in [1.54, 1.807) is 6.07 Å². The molecule has 2 aromatic rings. The van der Waals surface area contributed by atoms with E-state index >= 15 is 0 Å². The fourth-order valence-corrected chi connectivity index (χ4v) is 7.37. The Labute approximate surface area is 195 Å². The molecule has 2 fully saturated rings. The average Bonchev–Trinajstić information content (AvgIpc) is 3.55. The third-order valence-corrected chi connectivity index (χ3v) is 9.10. The molecule has 1 saturated heterocycles. The summed E-state index contributed by atoms with van der Waals surface area (Å²) in [5.41, 5.74) is 2.05. The molecule has 2 aliphatic heterocycles. The molecule has 0 unspecified atom stereocenters. The van der Waals surface area contributed by atoms with Crippen molar-refractivity contribution < 1.29 is 14.9 Å². The van der Waals surface area contributed by atoms with Crippen molar-refractivity contribution in [1.29, 1.82) is 0 Å². The Kier molecular flexibility index (Phi) is 4.16. The van der Waals surface area contributed by atoms with Crippen LogP contribution in [0.3, 0.4) is 0 Å². The number of aromatic hydroxyl groups is 1. The lowest BCUT2D eigenvalue weighted by molar-refractivity contribution is -0.150. The number of phenols is 1. The van der Waals surface area contributed by atoms with Gasteiger partial charge in [0.15, 0.2) is 11.5 Å². The Morgan fingerprint density at radius 3 is 2.76 bits per heavy atom. The van der Waals surface area contributed by atoms with E-state index in [9.17, 15) is 10.2 Å². The minimum Gasteiger partial charge on any atom is -0.504 e. The minimum atomic E-state index is -0.985. The summed E-state index contributed by atoms with van der Waals surface area (Å²) in [5, 5.41) is 23.3. The van der Waals surface area contributed by atoms with Crippen molar-refractivity contribution in [3.63, 3.8) is 0 Å². The summed E-state index contributed by atoms with van der Waals surface area (Å²) in [6, 6.07) is 14.4. The maximum absolute atomic E-state index is 12.5. The first kappa shape index (κ1) is 20.1. The molecule has 5 atom stereocenters. The topological polar surface area (TPSA) is 56.2 Å². The van der Waals surface area contributed by atoms with Crippen LogP contribution < -0.4 is 4.74 Å². The van der Waals surface area contributed by atoms with Crippen molar-refractivity contribution in [2.75, 3.05) is 20.1 Å². The number of likely N-dealkylation sites (tertiary alicyclic amines) is 1. The van der Waals surface area contributed by atoms with Crippen LogP contribution in [0.5, 0.6) is 11.5 Å². The van der Waals surface area contributed by atoms with Crippen molar-refractivity contribution in [2.45, 2.75) is 61.4 Å². The van der Waals surface area contributed by atoms with Crippen LogP contribution in [0.4, 0.5) is 0 Å². The standard InChI is InChI=1S/C28H32N2O3/c1-29(16-18-5-3-2-4-6-18)21-11-12-28(32)23-15-20-9-10-22(31)25-24(20)27(28,26(21)33-25)13-14-30(23)17-19-7-8-19/h2-6,9-12,19,21,23,26,31-32H,7-8,13-17H2,1H3/t21-,23-,26+,27+,28-/m1/s1. The lowest BCUT2D eigenvalue weighted by Crippen LogP contribution is -2.76. The number of hydrogen-bond acceptors (Lipinski definition) is 5. The molecule has 0 amide bonds. The van der Waals surface area contributed by atoms with Gasteiger partial charge in [-0.05, 0) is 62.4 Å². The van der Waals surface area contributed by atoms with E-state index in [0.717, 1.165) is 44.0 Å². The Hall–Kier alpha value is -2.34. The van der Waals surface area contributed by atoms with Crippen LogP contribution in [-0.4, -0.2) is 63.9 Å². The SMILES string of the molecule is CN(Cc1ccccc1)[C@@H]1C=C[C@@]2(O)[C@H]3Cc4ccc(O)c5c4[C@@]2(CCN3CC2CC2)[C@H]1O5. The number of piperidine rings is 1. The van der Waals surface area contributed by atoms with Gasteiger partial charge in [0.1, 0.15) is 11.7 Å². The van der Waals surface area contributed by atoms with Gasteiger partial charge in [0.25, 0.3) is 0 Å². The summed E-state index contributed by atoms with van der Waals surface area (Å²) in [6.45, 7) is 2.86. The van der Waals surface area contributed by atoms with E-state index in [1.807, 2.05) is 6.07 Å². The van der Waals surface area contributed by atoms with Crippen LogP contribution in [0.2, 0.25) is 0 Å². The maximum Gasteiger partial charge on any atom is 0.165 e. The molecule has 5 aliphatic rings. The number of hydrogen-bond donors (Lipinski definition) is 2. The molecule has 0 radical (unpaired) electrons. The van der Waals surface area contributed by atoms with Gasteiger partial charge < -0.3 is 14.9 Å². The molecule has 5 heteroatoms. The van der Waals surface area contributed by atoms with Gasteiger partial charge in [-0.2, -0.15) is 0 Å². The fourth-order valence-electron chi connectivity index (χ4n) is 7.37. The molecular formula is C28H32N2O3. The zero-order valence-corrected chi connectivity index (χ0v) is 19.2. The second kappa shape index (κ2) is 6.84. The highest BCUT2D eigenvalue weighted by molar-refractivity contribution is 5.64. The van der Waals surface area contributed by atoms with Crippen LogP contribution in [0.15, 0.2) is 54.6 Å². The number of benzene rings is 2. The van der Waals surface area contributed by atoms with Crippen LogP contribution in [0, 0.1) is 5.92 Å².